The number of methoxy groups -OCH3 is 1. The number of fused-ring (bicyclic) bond motifs is 1. The van der Waals surface area contributed by atoms with E-state index in [-0.39, 0.29) is 0 Å². The van der Waals surface area contributed by atoms with E-state index in [1.165, 1.54) is 18.2 Å². The van der Waals surface area contributed by atoms with Crippen LogP contribution in [0.3, 0.4) is 0 Å². The molecule has 0 radical (unpaired) electrons. The van der Waals surface area contributed by atoms with Gasteiger partial charge >= 0.3 is 0 Å². The van der Waals surface area contributed by atoms with Crippen molar-refractivity contribution < 1.29 is 4.74 Å². The molecule has 2 heterocycles. The van der Waals surface area contributed by atoms with E-state index in [2.05, 4.69) is 21.7 Å². The normalized spacial score (nSPS) is 18.4. The fourth-order valence-corrected chi connectivity index (χ4v) is 2.78. The van der Waals surface area contributed by atoms with Gasteiger partial charge in [-0.25, -0.2) is 4.98 Å². The minimum absolute atomic E-state index is 0.659. The van der Waals surface area contributed by atoms with Crippen molar-refractivity contribution in [1.29, 1.82) is 0 Å². The summed E-state index contributed by atoms with van der Waals surface area (Å²) in [5.41, 5.74) is 0. The maximum absolute atomic E-state index is 5.30. The monoisotopic (exact) mass is 271 g/mol. The summed E-state index contributed by atoms with van der Waals surface area (Å²) in [5, 5.41) is 9.28. The Morgan fingerprint density at radius 3 is 3.15 bits per heavy atom. The summed E-state index contributed by atoms with van der Waals surface area (Å²) in [6.45, 7) is 2.11. The van der Waals surface area contributed by atoms with Crippen LogP contribution < -0.4 is 15.4 Å². The first-order valence-corrected chi connectivity index (χ1v) is 7.27. The fraction of sp³-hybridized carbons (Fsp3) is 0.438. The van der Waals surface area contributed by atoms with Crippen LogP contribution in [0.4, 0.5) is 5.82 Å². The van der Waals surface area contributed by atoms with Gasteiger partial charge in [-0.15, -0.1) is 0 Å². The van der Waals surface area contributed by atoms with Gasteiger partial charge in [-0.1, -0.05) is 6.07 Å². The molecular formula is C16H21N3O. The van der Waals surface area contributed by atoms with E-state index in [1.54, 1.807) is 7.11 Å². The molecule has 4 heteroatoms. The Labute approximate surface area is 119 Å². The first-order valence-electron chi connectivity index (χ1n) is 7.27. The SMILES string of the molecule is COc1ccc2ccnc(NCC[C@@H]3CCCN3)c2c1. The number of hydrogen-bond acceptors (Lipinski definition) is 4. The summed E-state index contributed by atoms with van der Waals surface area (Å²) in [4.78, 5) is 4.46. The average molecular weight is 271 g/mol. The van der Waals surface area contributed by atoms with Gasteiger partial charge in [0.05, 0.1) is 7.11 Å². The van der Waals surface area contributed by atoms with Gasteiger partial charge in [0.2, 0.25) is 0 Å². The van der Waals surface area contributed by atoms with Crippen molar-refractivity contribution in [2.24, 2.45) is 0 Å². The van der Waals surface area contributed by atoms with E-state index in [0.717, 1.165) is 36.5 Å². The zero-order valence-electron chi connectivity index (χ0n) is 11.9. The van der Waals surface area contributed by atoms with Crippen molar-refractivity contribution in [3.63, 3.8) is 0 Å². The van der Waals surface area contributed by atoms with Crippen LogP contribution in [-0.4, -0.2) is 31.2 Å². The zero-order valence-corrected chi connectivity index (χ0v) is 11.9. The maximum Gasteiger partial charge on any atom is 0.133 e. The Kier molecular flexibility index (Phi) is 4.02. The Morgan fingerprint density at radius 1 is 1.40 bits per heavy atom. The highest BCUT2D eigenvalue weighted by molar-refractivity contribution is 5.92. The largest absolute Gasteiger partial charge is 0.497 e. The quantitative estimate of drug-likeness (QED) is 0.878. The first-order chi connectivity index (χ1) is 9.86. The molecular weight excluding hydrogens is 250 g/mol. The number of pyridine rings is 1. The summed E-state index contributed by atoms with van der Waals surface area (Å²) >= 11 is 0. The molecule has 3 rings (SSSR count). The third kappa shape index (κ3) is 2.85. The van der Waals surface area contributed by atoms with E-state index < -0.39 is 0 Å². The minimum atomic E-state index is 0.659. The van der Waals surface area contributed by atoms with Gasteiger partial charge in [-0.2, -0.15) is 0 Å². The Balaban J connectivity index is 1.72. The first kappa shape index (κ1) is 13.2. The lowest BCUT2D eigenvalue weighted by Gasteiger charge is -2.13. The van der Waals surface area contributed by atoms with Crippen LogP contribution in [0.2, 0.25) is 0 Å². The smallest absolute Gasteiger partial charge is 0.133 e. The zero-order chi connectivity index (χ0) is 13.8. The number of benzene rings is 1. The second kappa shape index (κ2) is 6.09. The van der Waals surface area contributed by atoms with Gasteiger partial charge in [-0.05, 0) is 49.4 Å². The Hall–Kier alpha value is -1.81. The molecule has 0 unspecified atom stereocenters. The van der Waals surface area contributed by atoms with E-state index in [4.69, 9.17) is 4.74 Å². The molecule has 0 bridgehead atoms. The molecule has 0 amide bonds. The third-order valence-electron chi connectivity index (χ3n) is 3.92. The molecule has 0 saturated carbocycles. The molecule has 0 spiro atoms. The van der Waals surface area contributed by atoms with E-state index in [0.29, 0.717) is 6.04 Å². The number of anilines is 1. The molecule has 4 nitrogen and oxygen atoms in total. The molecule has 1 fully saturated rings. The number of nitrogens with one attached hydrogen (secondary N) is 2. The lowest BCUT2D eigenvalue weighted by atomic mass is 10.1. The predicted molar refractivity (Wildman–Crippen MR) is 82.4 cm³/mol. The van der Waals surface area contributed by atoms with Crippen molar-refractivity contribution >= 4 is 16.6 Å². The molecule has 1 atom stereocenters. The average Bonchev–Trinajstić information content (AvgIpc) is 3.00. The highest BCUT2D eigenvalue weighted by Crippen LogP contribution is 2.25. The number of hydrogen-bond donors (Lipinski definition) is 2. The Morgan fingerprint density at radius 2 is 2.35 bits per heavy atom. The van der Waals surface area contributed by atoms with Crippen molar-refractivity contribution in [2.75, 3.05) is 25.5 Å². The van der Waals surface area contributed by atoms with E-state index in [9.17, 15) is 0 Å². The summed E-state index contributed by atoms with van der Waals surface area (Å²) in [7, 11) is 1.69. The van der Waals surface area contributed by atoms with Crippen LogP contribution in [0.15, 0.2) is 30.5 Å². The van der Waals surface area contributed by atoms with Crippen molar-refractivity contribution in [1.82, 2.24) is 10.3 Å². The molecule has 0 aliphatic carbocycles. The van der Waals surface area contributed by atoms with Crippen molar-refractivity contribution in [3.8, 4) is 5.75 Å². The number of rotatable bonds is 5. The van der Waals surface area contributed by atoms with Gasteiger partial charge < -0.3 is 15.4 Å². The summed E-state index contributed by atoms with van der Waals surface area (Å²) in [5.74, 6) is 1.81. The highest BCUT2D eigenvalue weighted by atomic mass is 16.5. The van der Waals surface area contributed by atoms with Crippen LogP contribution in [0.1, 0.15) is 19.3 Å². The summed E-state index contributed by atoms with van der Waals surface area (Å²) < 4.78 is 5.30. The van der Waals surface area contributed by atoms with Crippen LogP contribution in [0, 0.1) is 0 Å². The van der Waals surface area contributed by atoms with Crippen LogP contribution >= 0.6 is 0 Å². The molecule has 2 N–H and O–H groups in total. The van der Waals surface area contributed by atoms with Crippen molar-refractivity contribution in [3.05, 3.63) is 30.5 Å². The molecule has 2 aromatic rings. The minimum Gasteiger partial charge on any atom is -0.497 e. The topological polar surface area (TPSA) is 46.2 Å². The molecule has 1 aromatic heterocycles. The standard InChI is InChI=1S/C16H21N3O/c1-20-14-5-4-12-6-9-18-16(15(12)11-14)19-10-7-13-3-2-8-17-13/h4-6,9,11,13,17H,2-3,7-8,10H2,1H3,(H,18,19)/t13-/m0/s1. The van der Waals surface area contributed by atoms with Gasteiger partial charge in [-0.3, -0.25) is 0 Å². The number of nitrogens with zero attached hydrogens (tertiary/aromatic N) is 1. The van der Waals surface area contributed by atoms with E-state index >= 15 is 0 Å². The Bertz CT molecular complexity index is 579. The molecule has 106 valence electrons. The number of ether oxygens (including phenoxy) is 1. The highest BCUT2D eigenvalue weighted by Gasteiger charge is 2.13. The van der Waals surface area contributed by atoms with Crippen LogP contribution in [-0.2, 0) is 0 Å². The summed E-state index contributed by atoms with van der Waals surface area (Å²) in [6, 6.07) is 8.78. The fourth-order valence-electron chi connectivity index (χ4n) is 2.78. The molecule has 1 saturated heterocycles. The number of aromatic nitrogens is 1. The molecule has 1 aromatic carbocycles. The lowest BCUT2D eigenvalue weighted by Crippen LogP contribution is -2.24. The summed E-state index contributed by atoms with van der Waals surface area (Å²) in [6.07, 6.45) is 5.58. The van der Waals surface area contributed by atoms with Gasteiger partial charge in [0.1, 0.15) is 11.6 Å². The lowest BCUT2D eigenvalue weighted by molar-refractivity contribution is 0.415. The molecule has 1 aliphatic rings. The van der Waals surface area contributed by atoms with Crippen LogP contribution in [0.5, 0.6) is 5.75 Å². The van der Waals surface area contributed by atoms with Crippen LogP contribution in [0.25, 0.3) is 10.8 Å². The predicted octanol–water partition coefficient (Wildman–Crippen LogP) is 2.80. The molecule has 1 aliphatic heterocycles. The van der Waals surface area contributed by atoms with Crippen molar-refractivity contribution in [2.45, 2.75) is 25.3 Å². The van der Waals surface area contributed by atoms with Gasteiger partial charge in [0.25, 0.3) is 0 Å². The second-order valence-corrected chi connectivity index (χ2v) is 5.26. The van der Waals surface area contributed by atoms with Gasteiger partial charge in [0.15, 0.2) is 0 Å². The van der Waals surface area contributed by atoms with E-state index in [1.807, 2.05) is 24.4 Å². The second-order valence-electron chi connectivity index (χ2n) is 5.26. The molecule has 20 heavy (non-hydrogen) atoms. The van der Waals surface area contributed by atoms with Gasteiger partial charge in [0, 0.05) is 24.2 Å². The third-order valence-corrected chi connectivity index (χ3v) is 3.92. The maximum atomic E-state index is 5.30.